The van der Waals surface area contributed by atoms with Gasteiger partial charge in [-0.25, -0.2) is 0 Å². The summed E-state index contributed by atoms with van der Waals surface area (Å²) in [7, 11) is 6.75. The normalized spacial score (nSPS) is 43.5. The molecule has 0 saturated carbocycles. The van der Waals surface area contributed by atoms with Gasteiger partial charge < -0.3 is 38.8 Å². The average Bonchev–Trinajstić information content (AvgIpc) is 2.47. The highest BCUT2D eigenvalue weighted by molar-refractivity contribution is 4.90. The molecule has 2 heterocycles. The van der Waals surface area contributed by atoms with Crippen molar-refractivity contribution in [3.8, 4) is 0 Å². The van der Waals surface area contributed by atoms with E-state index in [1.54, 1.807) is 0 Å². The predicted octanol–water partition coefficient (Wildman–Crippen LogP) is -1.56. The lowest BCUT2D eigenvalue weighted by Crippen LogP contribution is -2.61. The smallest absolute Gasteiger partial charge is 0.186 e. The molecule has 0 aromatic heterocycles. The highest BCUT2D eigenvalue weighted by Gasteiger charge is 2.44. The first-order valence-corrected chi connectivity index (χ1v) is 7.42. The van der Waals surface area contributed by atoms with Gasteiger partial charge in [-0.2, -0.15) is 0 Å². The molecule has 8 heteroatoms. The number of hydrogen-bond donors (Lipinski definition) is 2. The second-order valence-corrected chi connectivity index (χ2v) is 5.90. The van der Waals surface area contributed by atoms with Crippen molar-refractivity contribution in [3.63, 3.8) is 0 Å². The second-order valence-electron chi connectivity index (χ2n) is 5.90. The van der Waals surface area contributed by atoms with E-state index in [1.165, 1.54) is 14.2 Å². The van der Waals surface area contributed by atoms with Gasteiger partial charge in [0.15, 0.2) is 6.29 Å². The minimum atomic E-state index is -0.846. The number of nitrogens with zero attached hydrogens (tertiary/aromatic N) is 1. The fourth-order valence-electron chi connectivity index (χ4n) is 3.05. The maximum Gasteiger partial charge on any atom is 0.186 e. The molecule has 2 aliphatic heterocycles. The Bertz CT molecular complexity index is 343. The van der Waals surface area contributed by atoms with Gasteiger partial charge in [-0.1, -0.05) is 0 Å². The van der Waals surface area contributed by atoms with Crippen LogP contribution in [0.5, 0.6) is 0 Å². The van der Waals surface area contributed by atoms with E-state index < -0.39 is 30.7 Å². The van der Waals surface area contributed by atoms with Crippen molar-refractivity contribution in [2.75, 3.05) is 48.1 Å². The summed E-state index contributed by atoms with van der Waals surface area (Å²) in [5.41, 5.74) is 0. The van der Waals surface area contributed by atoms with Crippen molar-refractivity contribution in [1.82, 2.24) is 4.90 Å². The standard InChI is InChI=1S/C14H27NO7/c1-15(2)11-8(16)5-20-6-9(11)22-14-13(19-4)12(17)10(18-3)7-21-14/h8-14,16-17H,5-7H2,1-4H3. The van der Waals surface area contributed by atoms with Crippen molar-refractivity contribution in [2.45, 2.75) is 42.9 Å². The summed E-state index contributed by atoms with van der Waals surface area (Å²) < 4.78 is 27.4. The van der Waals surface area contributed by atoms with Crippen molar-refractivity contribution in [3.05, 3.63) is 0 Å². The SMILES string of the molecule is COC1COC(OC2COCC(O)C2N(C)C)C(OC)C1O. The Hall–Kier alpha value is -0.320. The summed E-state index contributed by atoms with van der Waals surface area (Å²) in [4.78, 5) is 1.90. The molecular formula is C14H27NO7. The third-order valence-electron chi connectivity index (χ3n) is 4.24. The topological polar surface area (TPSA) is 89.9 Å². The quantitative estimate of drug-likeness (QED) is 0.628. The van der Waals surface area contributed by atoms with E-state index in [4.69, 9.17) is 23.7 Å². The molecule has 0 aliphatic carbocycles. The molecule has 130 valence electrons. The molecule has 22 heavy (non-hydrogen) atoms. The highest BCUT2D eigenvalue weighted by atomic mass is 16.7. The van der Waals surface area contributed by atoms with Gasteiger partial charge in [0.2, 0.25) is 0 Å². The van der Waals surface area contributed by atoms with E-state index >= 15 is 0 Å². The van der Waals surface area contributed by atoms with Gasteiger partial charge in [-0.15, -0.1) is 0 Å². The summed E-state index contributed by atoms with van der Waals surface area (Å²) in [5, 5.41) is 20.4. The number of ether oxygens (including phenoxy) is 5. The molecule has 7 unspecified atom stereocenters. The molecule has 0 amide bonds. The molecule has 2 rings (SSSR count). The lowest BCUT2D eigenvalue weighted by molar-refractivity contribution is -0.305. The van der Waals surface area contributed by atoms with Gasteiger partial charge in [-0.05, 0) is 14.1 Å². The summed E-state index contributed by atoms with van der Waals surface area (Å²) in [5.74, 6) is 0. The Morgan fingerprint density at radius 1 is 1.00 bits per heavy atom. The van der Waals surface area contributed by atoms with Gasteiger partial charge >= 0.3 is 0 Å². The summed E-state index contributed by atoms with van der Waals surface area (Å²) in [6.45, 7) is 0.835. The highest BCUT2D eigenvalue weighted by Crippen LogP contribution is 2.25. The number of aliphatic hydroxyl groups is 2. The summed E-state index contributed by atoms with van der Waals surface area (Å²) >= 11 is 0. The van der Waals surface area contributed by atoms with E-state index in [9.17, 15) is 10.2 Å². The average molecular weight is 321 g/mol. The lowest BCUT2D eigenvalue weighted by atomic mass is 10.0. The molecule has 8 nitrogen and oxygen atoms in total. The first-order valence-electron chi connectivity index (χ1n) is 7.42. The van der Waals surface area contributed by atoms with Crippen LogP contribution in [0.25, 0.3) is 0 Å². The lowest BCUT2D eigenvalue weighted by Gasteiger charge is -2.44. The monoisotopic (exact) mass is 321 g/mol. The van der Waals surface area contributed by atoms with Crippen LogP contribution < -0.4 is 0 Å². The number of rotatable bonds is 5. The molecule has 0 spiro atoms. The maximum atomic E-state index is 10.3. The molecular weight excluding hydrogens is 294 g/mol. The van der Waals surface area contributed by atoms with Crippen molar-refractivity contribution >= 4 is 0 Å². The van der Waals surface area contributed by atoms with Gasteiger partial charge in [0.25, 0.3) is 0 Å². The van der Waals surface area contributed by atoms with Crippen molar-refractivity contribution < 1.29 is 33.9 Å². The molecule has 0 aromatic carbocycles. The van der Waals surface area contributed by atoms with Crippen LogP contribution >= 0.6 is 0 Å². The van der Waals surface area contributed by atoms with Crippen LogP contribution in [0, 0.1) is 0 Å². The number of hydrogen-bond acceptors (Lipinski definition) is 8. The minimum absolute atomic E-state index is 0.213. The largest absolute Gasteiger partial charge is 0.389 e. The number of likely N-dealkylation sites (N-methyl/N-ethyl adjacent to an activating group) is 1. The van der Waals surface area contributed by atoms with Gasteiger partial charge in [0, 0.05) is 14.2 Å². The van der Waals surface area contributed by atoms with E-state index in [2.05, 4.69) is 0 Å². The molecule has 2 saturated heterocycles. The van der Waals surface area contributed by atoms with E-state index in [-0.39, 0.29) is 25.4 Å². The molecule has 0 bridgehead atoms. The second kappa shape index (κ2) is 7.98. The van der Waals surface area contributed by atoms with Gasteiger partial charge in [0.1, 0.15) is 24.4 Å². The maximum absolute atomic E-state index is 10.3. The van der Waals surface area contributed by atoms with Crippen molar-refractivity contribution in [1.29, 1.82) is 0 Å². The van der Waals surface area contributed by atoms with Crippen LogP contribution in [0.4, 0.5) is 0 Å². The zero-order valence-electron chi connectivity index (χ0n) is 13.5. The molecule has 2 fully saturated rings. The van der Waals surface area contributed by atoms with Gasteiger partial charge in [-0.3, -0.25) is 0 Å². The molecule has 2 N–H and O–H groups in total. The van der Waals surface area contributed by atoms with Crippen LogP contribution in [-0.2, 0) is 23.7 Å². The number of methoxy groups -OCH3 is 2. The van der Waals surface area contributed by atoms with E-state index in [0.29, 0.717) is 6.61 Å². The first-order chi connectivity index (χ1) is 10.5. The zero-order valence-corrected chi connectivity index (χ0v) is 13.5. The summed E-state index contributed by atoms with van der Waals surface area (Å²) in [6.07, 6.45) is -3.74. The Morgan fingerprint density at radius 2 is 1.73 bits per heavy atom. The zero-order chi connectivity index (χ0) is 16.3. The van der Waals surface area contributed by atoms with Crippen LogP contribution in [0.1, 0.15) is 0 Å². The minimum Gasteiger partial charge on any atom is -0.389 e. The van der Waals surface area contributed by atoms with Crippen LogP contribution in [-0.4, -0.2) is 106 Å². The first kappa shape index (κ1) is 18.0. The fraction of sp³-hybridized carbons (Fsp3) is 1.00. The molecule has 7 atom stereocenters. The Labute approximate surface area is 130 Å². The molecule has 0 radical (unpaired) electrons. The van der Waals surface area contributed by atoms with Gasteiger partial charge in [0.05, 0.1) is 32.0 Å². The third kappa shape index (κ3) is 3.77. The third-order valence-corrected chi connectivity index (χ3v) is 4.24. The van der Waals surface area contributed by atoms with Crippen molar-refractivity contribution in [2.24, 2.45) is 0 Å². The van der Waals surface area contributed by atoms with Crippen LogP contribution in [0.15, 0.2) is 0 Å². The molecule has 0 aromatic rings. The Kier molecular flexibility index (Phi) is 6.54. The van der Waals surface area contributed by atoms with E-state index in [1.807, 2.05) is 19.0 Å². The number of aliphatic hydroxyl groups excluding tert-OH is 2. The fourth-order valence-corrected chi connectivity index (χ4v) is 3.05. The Balaban J connectivity index is 2.04. The Morgan fingerprint density at radius 3 is 2.32 bits per heavy atom. The van der Waals surface area contributed by atoms with Crippen LogP contribution in [0.2, 0.25) is 0 Å². The summed E-state index contributed by atoms with van der Waals surface area (Å²) in [6, 6.07) is -0.216. The van der Waals surface area contributed by atoms with Crippen LogP contribution in [0.3, 0.4) is 0 Å². The molecule has 2 aliphatic rings. The predicted molar refractivity (Wildman–Crippen MR) is 76.5 cm³/mol. The van der Waals surface area contributed by atoms with E-state index in [0.717, 1.165) is 0 Å².